The number of hydrogen-bond acceptors (Lipinski definition) is 5. The number of carbonyl (C=O) groups is 2. The van der Waals surface area contributed by atoms with Crippen LogP contribution in [0.2, 0.25) is 0 Å². The van der Waals surface area contributed by atoms with Crippen molar-refractivity contribution in [2.75, 3.05) is 10.7 Å². The number of hydrogen-bond donors (Lipinski definition) is 1. The van der Waals surface area contributed by atoms with E-state index < -0.39 is 5.56 Å². The second-order valence-corrected chi connectivity index (χ2v) is 7.52. The molecule has 2 aromatic rings. The predicted octanol–water partition coefficient (Wildman–Crippen LogP) is 1.30. The summed E-state index contributed by atoms with van der Waals surface area (Å²) in [4.78, 5) is 39.5. The minimum Gasteiger partial charge on any atom is -0.350 e. The Labute approximate surface area is 158 Å². The summed E-state index contributed by atoms with van der Waals surface area (Å²) in [6.07, 6.45) is 3.31. The Hall–Kier alpha value is -2.68. The molecule has 1 aromatic carbocycles. The second kappa shape index (κ2) is 7.15. The van der Waals surface area contributed by atoms with Gasteiger partial charge in [-0.15, -0.1) is 11.8 Å². The van der Waals surface area contributed by atoms with Crippen LogP contribution in [0.5, 0.6) is 0 Å². The summed E-state index contributed by atoms with van der Waals surface area (Å²) >= 11 is 1.30. The van der Waals surface area contributed by atoms with Crippen LogP contribution in [0.1, 0.15) is 18.4 Å². The van der Waals surface area contributed by atoms with Gasteiger partial charge in [0.2, 0.25) is 11.8 Å². The Morgan fingerprint density at radius 1 is 1.26 bits per heavy atom. The lowest BCUT2D eigenvalue weighted by Crippen LogP contribution is -2.43. The maximum absolute atomic E-state index is 12.9. The Balaban J connectivity index is 1.49. The van der Waals surface area contributed by atoms with Gasteiger partial charge in [0.05, 0.1) is 16.8 Å². The molecule has 7 nitrogen and oxygen atoms in total. The highest BCUT2D eigenvalue weighted by molar-refractivity contribution is 8.00. The van der Waals surface area contributed by atoms with Gasteiger partial charge in [0.15, 0.2) is 0 Å². The normalized spacial score (nSPS) is 16.2. The van der Waals surface area contributed by atoms with E-state index in [4.69, 9.17) is 0 Å². The van der Waals surface area contributed by atoms with Gasteiger partial charge in [-0.3, -0.25) is 14.4 Å². The minimum atomic E-state index is -0.433. The molecule has 2 amide bonds. The van der Waals surface area contributed by atoms with Crippen molar-refractivity contribution in [3.05, 3.63) is 52.2 Å². The zero-order valence-corrected chi connectivity index (χ0v) is 15.2. The van der Waals surface area contributed by atoms with Crippen molar-refractivity contribution in [1.82, 2.24) is 15.1 Å². The Bertz CT molecular complexity index is 956. The lowest BCUT2D eigenvalue weighted by atomic mass is 10.2. The van der Waals surface area contributed by atoms with Crippen LogP contribution in [0.25, 0.3) is 0 Å². The molecule has 0 unspecified atom stereocenters. The highest BCUT2D eigenvalue weighted by atomic mass is 32.2. The molecule has 1 N–H and O–H groups in total. The topological polar surface area (TPSA) is 84.3 Å². The maximum Gasteiger partial charge on any atom is 0.292 e. The molecule has 9 heteroatoms. The summed E-state index contributed by atoms with van der Waals surface area (Å²) in [6, 6.07) is 5.87. The van der Waals surface area contributed by atoms with Crippen LogP contribution in [-0.4, -0.2) is 33.4 Å². The number of rotatable bonds is 5. The van der Waals surface area contributed by atoms with Crippen LogP contribution in [0.4, 0.5) is 10.1 Å². The molecular weight excluding hydrogens is 371 g/mol. The van der Waals surface area contributed by atoms with E-state index in [9.17, 15) is 18.8 Å². The fourth-order valence-electron chi connectivity index (χ4n) is 2.95. The summed E-state index contributed by atoms with van der Waals surface area (Å²) in [5.74, 6) is -0.512. The third kappa shape index (κ3) is 3.73. The molecule has 1 fully saturated rings. The van der Waals surface area contributed by atoms with Gasteiger partial charge >= 0.3 is 0 Å². The average Bonchev–Trinajstić information content (AvgIpc) is 3.49. The predicted molar refractivity (Wildman–Crippen MR) is 98.0 cm³/mol. The molecule has 0 saturated heterocycles. The summed E-state index contributed by atoms with van der Waals surface area (Å²) < 4.78 is 14.0. The summed E-state index contributed by atoms with van der Waals surface area (Å²) in [7, 11) is 0. The number of anilines is 1. The molecule has 27 heavy (non-hydrogen) atoms. The molecule has 2 aliphatic rings. The van der Waals surface area contributed by atoms with Gasteiger partial charge < -0.3 is 10.2 Å². The highest BCUT2D eigenvalue weighted by Gasteiger charge is 2.39. The van der Waals surface area contributed by atoms with E-state index in [2.05, 4.69) is 10.4 Å². The zero-order chi connectivity index (χ0) is 19.0. The van der Waals surface area contributed by atoms with Crippen molar-refractivity contribution in [3.63, 3.8) is 0 Å². The van der Waals surface area contributed by atoms with E-state index in [-0.39, 0.29) is 36.8 Å². The highest BCUT2D eigenvalue weighted by Crippen LogP contribution is 2.38. The van der Waals surface area contributed by atoms with E-state index >= 15 is 0 Å². The zero-order valence-electron chi connectivity index (χ0n) is 14.4. The van der Waals surface area contributed by atoms with Crippen molar-refractivity contribution < 1.29 is 14.0 Å². The Kier molecular flexibility index (Phi) is 4.69. The van der Waals surface area contributed by atoms with Crippen molar-refractivity contribution in [3.8, 4) is 0 Å². The fraction of sp³-hybridized carbons (Fsp3) is 0.333. The number of halogens is 1. The monoisotopic (exact) mass is 388 g/mol. The smallest absolute Gasteiger partial charge is 0.292 e. The fourth-order valence-corrected chi connectivity index (χ4v) is 3.81. The van der Waals surface area contributed by atoms with Crippen LogP contribution in [0, 0.1) is 5.82 Å². The first kappa shape index (κ1) is 17.7. The maximum atomic E-state index is 12.9. The van der Waals surface area contributed by atoms with Crippen LogP contribution < -0.4 is 15.8 Å². The molecule has 140 valence electrons. The van der Waals surface area contributed by atoms with Crippen molar-refractivity contribution >= 4 is 29.3 Å². The number of amides is 2. The van der Waals surface area contributed by atoms with E-state index in [1.807, 2.05) is 0 Å². The minimum absolute atomic E-state index is 0.0769. The van der Waals surface area contributed by atoms with Gasteiger partial charge in [-0.2, -0.15) is 5.10 Å². The first-order valence-electron chi connectivity index (χ1n) is 8.59. The van der Waals surface area contributed by atoms with Crippen molar-refractivity contribution in [2.24, 2.45) is 0 Å². The van der Waals surface area contributed by atoms with Crippen LogP contribution in [0.3, 0.4) is 0 Å². The van der Waals surface area contributed by atoms with Gasteiger partial charge in [0.1, 0.15) is 18.0 Å². The van der Waals surface area contributed by atoms with Gasteiger partial charge in [-0.1, -0.05) is 12.1 Å². The van der Waals surface area contributed by atoms with Crippen LogP contribution in [-0.2, 0) is 22.7 Å². The first-order valence-corrected chi connectivity index (χ1v) is 9.57. The lowest BCUT2D eigenvalue weighted by molar-refractivity contribution is -0.122. The molecule has 0 atom stereocenters. The third-order valence-electron chi connectivity index (χ3n) is 4.45. The largest absolute Gasteiger partial charge is 0.350 e. The van der Waals surface area contributed by atoms with Gasteiger partial charge in [0, 0.05) is 12.6 Å². The lowest BCUT2D eigenvalue weighted by Gasteiger charge is -2.28. The van der Waals surface area contributed by atoms with E-state index in [1.165, 1.54) is 30.1 Å². The van der Waals surface area contributed by atoms with E-state index in [0.29, 0.717) is 16.3 Å². The van der Waals surface area contributed by atoms with E-state index in [0.717, 1.165) is 23.1 Å². The summed E-state index contributed by atoms with van der Waals surface area (Å²) in [5, 5.41) is 6.75. The molecule has 0 bridgehead atoms. The number of fused-ring (bicyclic) bond motifs is 1. The molecule has 1 saturated carbocycles. The SMILES string of the molecule is O=C(Cn1ncc2c(c1=O)N(C1CC1)C(=O)CS2)NCc1ccc(F)cc1. The van der Waals surface area contributed by atoms with Gasteiger partial charge in [0.25, 0.3) is 5.56 Å². The van der Waals surface area contributed by atoms with Crippen molar-refractivity contribution in [2.45, 2.75) is 36.9 Å². The molecule has 0 spiro atoms. The number of nitrogens with zero attached hydrogens (tertiary/aromatic N) is 3. The second-order valence-electron chi connectivity index (χ2n) is 6.51. The number of thioether (sulfide) groups is 1. The van der Waals surface area contributed by atoms with Crippen molar-refractivity contribution in [1.29, 1.82) is 0 Å². The molecule has 1 aliphatic heterocycles. The molecule has 1 aliphatic carbocycles. The number of benzene rings is 1. The third-order valence-corrected chi connectivity index (χ3v) is 5.45. The van der Waals surface area contributed by atoms with E-state index in [1.54, 1.807) is 17.0 Å². The Morgan fingerprint density at radius 2 is 2.00 bits per heavy atom. The first-order chi connectivity index (χ1) is 13.0. The van der Waals surface area contributed by atoms with Gasteiger partial charge in [-0.25, -0.2) is 9.07 Å². The number of aromatic nitrogens is 2. The van der Waals surface area contributed by atoms with Crippen LogP contribution in [0.15, 0.2) is 40.2 Å². The average molecular weight is 388 g/mol. The molecule has 0 radical (unpaired) electrons. The molecule has 1 aromatic heterocycles. The molecular formula is C18H17FN4O3S. The summed E-state index contributed by atoms with van der Waals surface area (Å²) in [5.41, 5.74) is 0.648. The number of carbonyl (C=O) groups excluding carboxylic acids is 2. The van der Waals surface area contributed by atoms with Crippen LogP contribution >= 0.6 is 11.8 Å². The number of nitrogens with one attached hydrogen (secondary N) is 1. The summed E-state index contributed by atoms with van der Waals surface area (Å²) in [6.45, 7) is -0.0218. The Morgan fingerprint density at radius 3 is 2.70 bits per heavy atom. The van der Waals surface area contributed by atoms with Gasteiger partial charge in [-0.05, 0) is 30.5 Å². The molecule has 2 heterocycles. The quantitative estimate of drug-likeness (QED) is 0.835. The standard InChI is InChI=1S/C18H17FN4O3S/c19-12-3-1-11(2-4-12)7-20-15(24)9-22-18(26)17-14(8-21-22)27-10-16(25)23(17)13-5-6-13/h1-4,8,13H,5-7,9-10H2,(H,20,24). The molecule has 4 rings (SSSR count).